The molecule has 0 aliphatic carbocycles. The maximum absolute atomic E-state index is 13.2. The van der Waals surface area contributed by atoms with E-state index in [0.717, 1.165) is 5.56 Å². The van der Waals surface area contributed by atoms with Crippen molar-refractivity contribution >= 4 is 11.8 Å². The summed E-state index contributed by atoms with van der Waals surface area (Å²) in [5, 5.41) is 0. The average Bonchev–Trinajstić information content (AvgIpc) is 2.83. The Balaban J connectivity index is 1.82. The molecule has 1 saturated heterocycles. The van der Waals surface area contributed by atoms with Crippen LogP contribution in [-0.2, 0) is 11.3 Å². The summed E-state index contributed by atoms with van der Waals surface area (Å²) >= 11 is 0. The molecule has 0 N–H and O–H groups in total. The molecule has 28 heavy (non-hydrogen) atoms. The second-order valence-corrected chi connectivity index (χ2v) is 7.48. The van der Waals surface area contributed by atoms with Gasteiger partial charge in [0.25, 0.3) is 5.91 Å². The van der Waals surface area contributed by atoms with Crippen LogP contribution < -0.4 is 0 Å². The Morgan fingerprint density at radius 3 is 2.46 bits per heavy atom. The van der Waals surface area contributed by atoms with E-state index >= 15 is 0 Å². The Kier molecular flexibility index (Phi) is 6.02. The molecule has 2 heterocycles. The quantitative estimate of drug-likeness (QED) is 0.813. The van der Waals surface area contributed by atoms with Crippen LogP contribution in [0.4, 0.5) is 4.39 Å². The van der Waals surface area contributed by atoms with Gasteiger partial charge in [-0.2, -0.15) is 0 Å². The van der Waals surface area contributed by atoms with Gasteiger partial charge in [-0.15, -0.1) is 0 Å². The second kappa shape index (κ2) is 8.46. The summed E-state index contributed by atoms with van der Waals surface area (Å²) in [5.74, 6) is 0.296. The zero-order chi connectivity index (χ0) is 20.3. The van der Waals surface area contributed by atoms with E-state index in [1.165, 1.54) is 24.5 Å². The number of carbonyl (C=O) groups is 2. The zero-order valence-corrected chi connectivity index (χ0v) is 16.4. The minimum atomic E-state index is -0.302. The van der Waals surface area contributed by atoms with Gasteiger partial charge in [0.15, 0.2) is 0 Å². The van der Waals surface area contributed by atoms with Crippen molar-refractivity contribution in [2.24, 2.45) is 5.92 Å². The van der Waals surface area contributed by atoms with Gasteiger partial charge in [-0.05, 0) is 30.5 Å². The molecule has 2 aromatic rings. The van der Waals surface area contributed by atoms with Crippen LogP contribution >= 0.6 is 0 Å². The summed E-state index contributed by atoms with van der Waals surface area (Å²) in [7, 11) is 0. The number of aromatic nitrogens is 2. The summed E-state index contributed by atoms with van der Waals surface area (Å²) in [6.45, 7) is 7.04. The fraction of sp³-hybridized carbons (Fsp3) is 0.429. The molecule has 1 aromatic heterocycles. The van der Waals surface area contributed by atoms with Crippen LogP contribution in [0, 0.1) is 18.7 Å². The highest BCUT2D eigenvalue weighted by Gasteiger charge is 2.33. The predicted molar refractivity (Wildman–Crippen MR) is 103 cm³/mol. The Morgan fingerprint density at radius 1 is 1.21 bits per heavy atom. The highest BCUT2D eigenvalue weighted by atomic mass is 19.1. The van der Waals surface area contributed by atoms with Crippen molar-refractivity contribution in [2.75, 3.05) is 13.1 Å². The lowest BCUT2D eigenvalue weighted by atomic mass is 10.0. The minimum absolute atomic E-state index is 0.00141. The Hall–Kier alpha value is -2.83. The number of rotatable bonds is 4. The summed E-state index contributed by atoms with van der Waals surface area (Å²) in [6, 6.07) is 6.05. The van der Waals surface area contributed by atoms with E-state index in [1.807, 2.05) is 18.7 Å². The van der Waals surface area contributed by atoms with Gasteiger partial charge in [0.2, 0.25) is 5.91 Å². The van der Waals surface area contributed by atoms with Crippen molar-refractivity contribution in [3.8, 4) is 0 Å². The first-order valence-electron chi connectivity index (χ1n) is 9.47. The smallest absolute Gasteiger partial charge is 0.257 e. The third-order valence-corrected chi connectivity index (χ3v) is 5.07. The zero-order valence-electron chi connectivity index (χ0n) is 16.4. The lowest BCUT2D eigenvalue weighted by Crippen LogP contribution is -2.47. The number of nitrogens with zero attached hydrogens (tertiary/aromatic N) is 4. The molecular weight excluding hydrogens is 359 g/mol. The molecule has 1 aromatic carbocycles. The number of benzene rings is 1. The van der Waals surface area contributed by atoms with Crippen LogP contribution in [0.25, 0.3) is 0 Å². The monoisotopic (exact) mass is 384 g/mol. The van der Waals surface area contributed by atoms with Gasteiger partial charge >= 0.3 is 0 Å². The maximum atomic E-state index is 13.2. The molecule has 6 nitrogen and oxygen atoms in total. The van der Waals surface area contributed by atoms with E-state index in [2.05, 4.69) is 9.97 Å². The van der Waals surface area contributed by atoms with E-state index in [0.29, 0.717) is 31.0 Å². The molecule has 2 amide bonds. The molecule has 0 radical (unpaired) electrons. The van der Waals surface area contributed by atoms with Gasteiger partial charge in [-0.3, -0.25) is 9.59 Å². The lowest BCUT2D eigenvalue weighted by Gasteiger charge is -2.34. The minimum Gasteiger partial charge on any atom is -0.336 e. The second-order valence-electron chi connectivity index (χ2n) is 7.48. The molecule has 0 spiro atoms. The van der Waals surface area contributed by atoms with Crippen LogP contribution in [0.5, 0.6) is 0 Å². The van der Waals surface area contributed by atoms with Gasteiger partial charge < -0.3 is 9.80 Å². The van der Waals surface area contributed by atoms with Gasteiger partial charge in [0.05, 0.1) is 11.6 Å². The topological polar surface area (TPSA) is 66.4 Å². The van der Waals surface area contributed by atoms with Crippen LogP contribution in [0.2, 0.25) is 0 Å². The molecule has 3 rings (SSSR count). The predicted octanol–water partition coefficient (Wildman–Crippen LogP) is 2.82. The van der Waals surface area contributed by atoms with E-state index in [9.17, 15) is 14.0 Å². The van der Waals surface area contributed by atoms with E-state index in [4.69, 9.17) is 0 Å². The van der Waals surface area contributed by atoms with Crippen LogP contribution in [0.1, 0.15) is 42.0 Å². The van der Waals surface area contributed by atoms with Gasteiger partial charge in [-0.25, -0.2) is 14.4 Å². The van der Waals surface area contributed by atoms with E-state index in [-0.39, 0.29) is 36.0 Å². The molecular formula is C21H25FN4O2. The Labute approximate surface area is 164 Å². The molecule has 1 aliphatic rings. The number of hydrogen-bond donors (Lipinski definition) is 0. The molecule has 0 unspecified atom stereocenters. The number of halogens is 1. The van der Waals surface area contributed by atoms with E-state index in [1.54, 1.807) is 24.0 Å². The molecule has 1 aliphatic heterocycles. The van der Waals surface area contributed by atoms with Crippen molar-refractivity contribution in [3.05, 3.63) is 59.4 Å². The lowest BCUT2D eigenvalue weighted by molar-refractivity contribution is -0.134. The van der Waals surface area contributed by atoms with Crippen LogP contribution in [0.15, 0.2) is 36.7 Å². The van der Waals surface area contributed by atoms with Gasteiger partial charge in [0, 0.05) is 38.4 Å². The molecule has 0 saturated carbocycles. The van der Waals surface area contributed by atoms with Crippen molar-refractivity contribution in [2.45, 2.75) is 39.8 Å². The SMILES string of the molecule is Cc1ncc(C(=O)N2CCC(=O)N(Cc3ccc(F)cc3)[C@H](C(C)C)C2)cn1. The first-order chi connectivity index (χ1) is 13.3. The first-order valence-corrected chi connectivity index (χ1v) is 9.47. The third kappa shape index (κ3) is 4.52. The van der Waals surface area contributed by atoms with Gasteiger partial charge in [0.1, 0.15) is 11.6 Å². The van der Waals surface area contributed by atoms with Crippen LogP contribution in [0.3, 0.4) is 0 Å². The highest BCUT2D eigenvalue weighted by Crippen LogP contribution is 2.22. The van der Waals surface area contributed by atoms with Crippen molar-refractivity contribution in [3.63, 3.8) is 0 Å². The highest BCUT2D eigenvalue weighted by molar-refractivity contribution is 5.94. The largest absolute Gasteiger partial charge is 0.336 e. The third-order valence-electron chi connectivity index (χ3n) is 5.07. The Bertz CT molecular complexity index is 836. The van der Waals surface area contributed by atoms with E-state index < -0.39 is 0 Å². The first kappa shape index (κ1) is 19.9. The number of amides is 2. The number of hydrogen-bond acceptors (Lipinski definition) is 4. The normalized spacial score (nSPS) is 17.8. The molecule has 148 valence electrons. The van der Waals surface area contributed by atoms with Gasteiger partial charge in [-0.1, -0.05) is 26.0 Å². The number of aryl methyl sites for hydroxylation is 1. The van der Waals surface area contributed by atoms with Crippen molar-refractivity contribution in [1.29, 1.82) is 0 Å². The summed E-state index contributed by atoms with van der Waals surface area (Å²) < 4.78 is 13.2. The summed E-state index contributed by atoms with van der Waals surface area (Å²) in [4.78, 5) is 37.5. The van der Waals surface area contributed by atoms with Crippen LogP contribution in [-0.4, -0.2) is 50.7 Å². The van der Waals surface area contributed by atoms with Crippen molar-refractivity contribution in [1.82, 2.24) is 19.8 Å². The number of carbonyl (C=O) groups excluding carboxylic acids is 2. The van der Waals surface area contributed by atoms with Crippen molar-refractivity contribution < 1.29 is 14.0 Å². The summed E-state index contributed by atoms with van der Waals surface area (Å²) in [6.07, 6.45) is 3.30. The standard InChI is InChI=1S/C21H25FN4O2/c1-14(2)19-13-25(21(28)17-10-23-15(3)24-11-17)9-8-20(27)26(19)12-16-4-6-18(22)7-5-16/h4-7,10-11,14,19H,8-9,12-13H2,1-3H3/t19-/m0/s1. The molecule has 7 heteroatoms. The maximum Gasteiger partial charge on any atom is 0.257 e. The summed E-state index contributed by atoms with van der Waals surface area (Å²) in [5.41, 5.74) is 1.29. The average molecular weight is 384 g/mol. The fourth-order valence-electron chi connectivity index (χ4n) is 3.41. The fourth-order valence-corrected chi connectivity index (χ4v) is 3.41. The Morgan fingerprint density at radius 2 is 1.86 bits per heavy atom. The molecule has 0 bridgehead atoms. The molecule has 1 fully saturated rings. The molecule has 1 atom stereocenters.